The number of rotatable bonds is 9. The van der Waals surface area contributed by atoms with Crippen molar-refractivity contribution in [2.75, 3.05) is 53.0 Å². The van der Waals surface area contributed by atoms with E-state index in [0.29, 0.717) is 61.3 Å². The maximum absolute atomic E-state index is 13.7. The third-order valence-corrected chi connectivity index (χ3v) is 6.58. The third-order valence-electron chi connectivity index (χ3n) is 6.58. The molecule has 1 saturated heterocycles. The molecule has 0 unspecified atom stereocenters. The molecule has 1 atom stereocenters. The Kier molecular flexibility index (Phi) is 7.67. The van der Waals surface area contributed by atoms with Crippen LogP contribution in [0.4, 0.5) is 0 Å². The van der Waals surface area contributed by atoms with Gasteiger partial charge in [0, 0.05) is 38.2 Å². The summed E-state index contributed by atoms with van der Waals surface area (Å²) in [7, 11) is 1.58. The van der Waals surface area contributed by atoms with Crippen LogP contribution in [0.15, 0.2) is 75.0 Å². The zero-order valence-electron chi connectivity index (χ0n) is 20.7. The molecule has 4 heterocycles. The van der Waals surface area contributed by atoms with E-state index < -0.39 is 6.04 Å². The van der Waals surface area contributed by atoms with Crippen LogP contribution in [-0.4, -0.2) is 85.4 Å². The van der Waals surface area contributed by atoms with E-state index in [1.807, 2.05) is 12.1 Å². The molecule has 0 N–H and O–H groups in total. The molecule has 0 spiro atoms. The lowest BCUT2D eigenvalue weighted by atomic mass is 10.1. The molecule has 10 heteroatoms. The summed E-state index contributed by atoms with van der Waals surface area (Å²) in [5.41, 5.74) is 1.14. The first kappa shape index (κ1) is 24.8. The molecule has 2 aliphatic rings. The van der Waals surface area contributed by atoms with Crippen LogP contribution >= 0.6 is 0 Å². The van der Waals surface area contributed by atoms with Crippen molar-refractivity contribution >= 4 is 17.5 Å². The SMILES string of the molecule is COc1ccc(C(=O)N(CCN2CCOCC2)CC(=O)N2N=C(c3ccco3)C[C@@H]2c2ccco2)cc1. The topological polar surface area (TPSA) is 101 Å². The smallest absolute Gasteiger partial charge is 0.262 e. The molecule has 3 aromatic rings. The van der Waals surface area contributed by atoms with E-state index in [4.69, 9.17) is 18.3 Å². The minimum absolute atomic E-state index is 0.124. The molecular formula is C27H30N4O6. The molecule has 194 valence electrons. The lowest BCUT2D eigenvalue weighted by Crippen LogP contribution is -2.46. The number of carbonyl (C=O) groups excluding carboxylic acids is 2. The molecule has 0 saturated carbocycles. The van der Waals surface area contributed by atoms with Gasteiger partial charge in [-0.05, 0) is 48.5 Å². The number of amides is 2. The summed E-state index contributed by atoms with van der Waals surface area (Å²) in [4.78, 5) is 31.0. The van der Waals surface area contributed by atoms with E-state index in [2.05, 4.69) is 10.0 Å². The minimum Gasteiger partial charge on any atom is -0.497 e. The van der Waals surface area contributed by atoms with Gasteiger partial charge in [-0.2, -0.15) is 5.10 Å². The highest BCUT2D eigenvalue weighted by atomic mass is 16.5. The Bertz CT molecular complexity index is 1200. The Labute approximate surface area is 215 Å². The fourth-order valence-corrected chi connectivity index (χ4v) is 4.53. The molecule has 10 nitrogen and oxygen atoms in total. The van der Waals surface area contributed by atoms with Gasteiger partial charge in [-0.3, -0.25) is 14.5 Å². The maximum atomic E-state index is 13.7. The van der Waals surface area contributed by atoms with E-state index in [9.17, 15) is 9.59 Å². The molecular weight excluding hydrogens is 476 g/mol. The van der Waals surface area contributed by atoms with Gasteiger partial charge in [0.25, 0.3) is 11.8 Å². The van der Waals surface area contributed by atoms with Crippen molar-refractivity contribution < 1.29 is 27.9 Å². The Balaban J connectivity index is 1.36. The second-order valence-corrected chi connectivity index (χ2v) is 8.91. The molecule has 2 aliphatic heterocycles. The van der Waals surface area contributed by atoms with E-state index >= 15 is 0 Å². The van der Waals surface area contributed by atoms with Gasteiger partial charge in [0.15, 0.2) is 0 Å². The van der Waals surface area contributed by atoms with Crippen LogP contribution in [0.1, 0.15) is 34.3 Å². The number of nitrogens with zero attached hydrogens (tertiary/aromatic N) is 4. The summed E-state index contributed by atoms with van der Waals surface area (Å²) in [5.74, 6) is 1.36. The summed E-state index contributed by atoms with van der Waals surface area (Å²) >= 11 is 0. The molecule has 0 bridgehead atoms. The largest absolute Gasteiger partial charge is 0.497 e. The summed E-state index contributed by atoms with van der Waals surface area (Å²) in [6.45, 7) is 3.82. The van der Waals surface area contributed by atoms with Gasteiger partial charge in [0.05, 0.1) is 32.8 Å². The fraction of sp³-hybridized carbons (Fsp3) is 0.370. The number of methoxy groups -OCH3 is 1. The van der Waals surface area contributed by atoms with Crippen molar-refractivity contribution in [2.24, 2.45) is 5.10 Å². The zero-order valence-corrected chi connectivity index (χ0v) is 20.7. The van der Waals surface area contributed by atoms with Crippen molar-refractivity contribution in [3.63, 3.8) is 0 Å². The quantitative estimate of drug-likeness (QED) is 0.440. The van der Waals surface area contributed by atoms with Crippen LogP contribution in [0.2, 0.25) is 0 Å². The maximum Gasteiger partial charge on any atom is 0.262 e. The molecule has 5 rings (SSSR count). The summed E-state index contributed by atoms with van der Waals surface area (Å²) in [6.07, 6.45) is 3.60. The first-order valence-corrected chi connectivity index (χ1v) is 12.3. The van der Waals surface area contributed by atoms with E-state index in [0.717, 1.165) is 13.1 Å². The molecule has 37 heavy (non-hydrogen) atoms. The Morgan fingerprint density at radius 2 is 1.81 bits per heavy atom. The van der Waals surface area contributed by atoms with Crippen LogP contribution < -0.4 is 4.74 Å². The number of hydrazone groups is 1. The molecule has 0 radical (unpaired) electrons. The predicted octanol–water partition coefficient (Wildman–Crippen LogP) is 3.03. The van der Waals surface area contributed by atoms with Crippen molar-refractivity contribution in [1.29, 1.82) is 0 Å². The van der Waals surface area contributed by atoms with Gasteiger partial charge in [-0.1, -0.05) is 0 Å². The highest BCUT2D eigenvalue weighted by Gasteiger charge is 2.37. The minimum atomic E-state index is -0.417. The number of ether oxygens (including phenoxy) is 2. The molecule has 0 aliphatic carbocycles. The van der Waals surface area contributed by atoms with Crippen molar-refractivity contribution in [3.05, 3.63) is 78.1 Å². The monoisotopic (exact) mass is 506 g/mol. The van der Waals surface area contributed by atoms with Gasteiger partial charge in [0.2, 0.25) is 0 Å². The Hall–Kier alpha value is -3.89. The average molecular weight is 507 g/mol. The molecule has 1 aromatic carbocycles. The van der Waals surface area contributed by atoms with Crippen LogP contribution in [-0.2, 0) is 9.53 Å². The number of benzene rings is 1. The van der Waals surface area contributed by atoms with Gasteiger partial charge in [0.1, 0.15) is 35.6 Å². The third kappa shape index (κ3) is 5.76. The van der Waals surface area contributed by atoms with Gasteiger partial charge >= 0.3 is 0 Å². The van der Waals surface area contributed by atoms with Gasteiger partial charge in [-0.15, -0.1) is 0 Å². The lowest BCUT2D eigenvalue weighted by molar-refractivity contribution is -0.134. The van der Waals surface area contributed by atoms with E-state index in [1.165, 1.54) is 5.01 Å². The van der Waals surface area contributed by atoms with Crippen molar-refractivity contribution in [1.82, 2.24) is 14.8 Å². The number of hydrogen-bond acceptors (Lipinski definition) is 8. The van der Waals surface area contributed by atoms with Crippen LogP contribution in [0.5, 0.6) is 5.75 Å². The second-order valence-electron chi connectivity index (χ2n) is 8.91. The Morgan fingerprint density at radius 1 is 1.05 bits per heavy atom. The van der Waals surface area contributed by atoms with Crippen LogP contribution in [0, 0.1) is 0 Å². The van der Waals surface area contributed by atoms with Crippen molar-refractivity contribution in [3.8, 4) is 5.75 Å². The predicted molar refractivity (Wildman–Crippen MR) is 134 cm³/mol. The van der Waals surface area contributed by atoms with E-state index in [1.54, 1.807) is 60.9 Å². The summed E-state index contributed by atoms with van der Waals surface area (Å²) < 4.78 is 21.8. The molecule has 1 fully saturated rings. The fourth-order valence-electron chi connectivity index (χ4n) is 4.53. The van der Waals surface area contributed by atoms with Crippen molar-refractivity contribution in [2.45, 2.75) is 12.5 Å². The van der Waals surface area contributed by atoms with Gasteiger partial charge < -0.3 is 23.2 Å². The van der Waals surface area contributed by atoms with E-state index in [-0.39, 0.29) is 18.4 Å². The molecule has 2 amide bonds. The lowest BCUT2D eigenvalue weighted by Gasteiger charge is -2.31. The second kappa shape index (κ2) is 11.4. The standard InChI is InChI=1S/C27H30N4O6/c1-34-21-8-6-20(7-9-21)27(33)30(11-10-29-12-16-35-17-13-29)19-26(32)31-23(25-5-3-15-37-25)18-22(28-31)24-4-2-14-36-24/h2-9,14-15,23H,10-13,16-19H2,1H3/t23-/m1/s1. The van der Waals surface area contributed by atoms with Gasteiger partial charge in [-0.25, -0.2) is 5.01 Å². The number of hydrogen-bond donors (Lipinski definition) is 0. The average Bonchev–Trinajstić information content (AvgIpc) is 3.72. The normalized spacial score (nSPS) is 18.0. The van der Waals surface area contributed by atoms with Crippen LogP contribution in [0.3, 0.4) is 0 Å². The Morgan fingerprint density at radius 3 is 2.49 bits per heavy atom. The zero-order chi connectivity index (χ0) is 25.6. The number of morpholine rings is 1. The molecule has 2 aromatic heterocycles. The summed E-state index contributed by atoms with van der Waals surface area (Å²) in [5, 5.41) is 6.01. The number of furan rings is 2. The number of carbonyl (C=O) groups is 2. The van der Waals surface area contributed by atoms with Crippen LogP contribution in [0.25, 0.3) is 0 Å². The first-order chi connectivity index (χ1) is 18.1. The summed E-state index contributed by atoms with van der Waals surface area (Å²) in [6, 6.07) is 13.7. The highest BCUT2D eigenvalue weighted by Crippen LogP contribution is 2.33. The highest BCUT2D eigenvalue weighted by molar-refractivity contribution is 6.02. The first-order valence-electron chi connectivity index (χ1n) is 12.3.